The van der Waals surface area contributed by atoms with E-state index in [2.05, 4.69) is 155 Å². The Labute approximate surface area is 264 Å². The number of aromatic nitrogens is 4. The van der Waals surface area contributed by atoms with Crippen LogP contribution in [0.2, 0.25) is 0 Å². The molecule has 3 aromatic heterocycles. The molecule has 10 aromatic rings. The van der Waals surface area contributed by atoms with Gasteiger partial charge in [-0.25, -0.2) is 9.97 Å². The van der Waals surface area contributed by atoms with Gasteiger partial charge in [0.1, 0.15) is 0 Å². The molecule has 46 heavy (non-hydrogen) atoms. The Morgan fingerprint density at radius 2 is 0.913 bits per heavy atom. The predicted octanol–water partition coefficient (Wildman–Crippen LogP) is 10.6. The maximum atomic E-state index is 5.30. The molecule has 0 bridgehead atoms. The third kappa shape index (κ3) is 3.49. The van der Waals surface area contributed by atoms with Gasteiger partial charge in [-0.3, -0.25) is 4.57 Å². The average molecular weight is 587 g/mol. The Morgan fingerprint density at radius 3 is 1.61 bits per heavy atom. The molecule has 0 saturated heterocycles. The minimum absolute atomic E-state index is 0.669. The van der Waals surface area contributed by atoms with Crippen molar-refractivity contribution >= 4 is 65.3 Å². The molecule has 4 nitrogen and oxygen atoms in total. The van der Waals surface area contributed by atoms with E-state index in [1.807, 2.05) is 12.1 Å². The molecule has 0 fully saturated rings. The number of nitrogens with zero attached hydrogens (tertiary/aromatic N) is 4. The summed E-state index contributed by atoms with van der Waals surface area (Å²) in [6.45, 7) is 0. The first kappa shape index (κ1) is 25.1. The van der Waals surface area contributed by atoms with Gasteiger partial charge in [0.15, 0.2) is 0 Å². The molecule has 0 saturated carbocycles. The molecule has 0 unspecified atom stereocenters. The van der Waals surface area contributed by atoms with E-state index in [4.69, 9.17) is 9.97 Å². The van der Waals surface area contributed by atoms with Crippen molar-refractivity contribution in [3.63, 3.8) is 0 Å². The predicted molar refractivity (Wildman–Crippen MR) is 191 cm³/mol. The molecule has 0 N–H and O–H groups in total. The summed E-state index contributed by atoms with van der Waals surface area (Å²) in [7, 11) is 0. The Bertz CT molecular complexity index is 2790. The van der Waals surface area contributed by atoms with Crippen LogP contribution in [0.5, 0.6) is 0 Å². The van der Waals surface area contributed by atoms with E-state index in [0.717, 1.165) is 38.9 Å². The highest BCUT2D eigenvalue weighted by molar-refractivity contribution is 6.33. The molecule has 0 spiro atoms. The molecule has 7 aromatic carbocycles. The van der Waals surface area contributed by atoms with E-state index >= 15 is 0 Å². The van der Waals surface area contributed by atoms with Crippen LogP contribution >= 0.6 is 0 Å². The zero-order valence-corrected chi connectivity index (χ0v) is 24.8. The molecule has 0 aliphatic rings. The van der Waals surface area contributed by atoms with Gasteiger partial charge in [0.25, 0.3) is 0 Å². The first-order chi connectivity index (χ1) is 22.8. The van der Waals surface area contributed by atoms with Crippen LogP contribution in [0.4, 0.5) is 0 Å². The van der Waals surface area contributed by atoms with E-state index in [1.54, 1.807) is 0 Å². The fourth-order valence-corrected chi connectivity index (χ4v) is 7.38. The Morgan fingerprint density at radius 1 is 0.370 bits per heavy atom. The lowest BCUT2D eigenvalue weighted by atomic mass is 9.98. The second-order valence-electron chi connectivity index (χ2n) is 11.8. The molecule has 10 rings (SSSR count). The van der Waals surface area contributed by atoms with E-state index < -0.39 is 0 Å². The molecule has 0 radical (unpaired) electrons. The standard InChI is InChI=1S/C42H26N4/c1-3-13-28(14-4-1)41-30-17-7-10-20-33(30)43-42(44-41)46-35-22-12-9-19-32(35)40-37(46)26-24-27-23-25-36-39(38(27)40)31-18-8-11-21-34(31)45(36)29-15-5-2-6-16-29/h1-26H. The van der Waals surface area contributed by atoms with Crippen molar-refractivity contribution in [3.8, 4) is 22.9 Å². The quantitative estimate of drug-likeness (QED) is 0.206. The van der Waals surface area contributed by atoms with Gasteiger partial charge in [-0.15, -0.1) is 0 Å². The average Bonchev–Trinajstić information content (AvgIpc) is 3.65. The van der Waals surface area contributed by atoms with E-state index in [-0.39, 0.29) is 0 Å². The molecule has 0 atom stereocenters. The Balaban J connectivity index is 1.38. The number of hydrogen-bond donors (Lipinski definition) is 0. The molecule has 3 heterocycles. The summed E-state index contributed by atoms with van der Waals surface area (Å²) in [5.74, 6) is 0.669. The van der Waals surface area contributed by atoms with Crippen LogP contribution < -0.4 is 0 Å². The molecule has 214 valence electrons. The summed E-state index contributed by atoms with van der Waals surface area (Å²) in [6.07, 6.45) is 0. The van der Waals surface area contributed by atoms with Gasteiger partial charge in [0.2, 0.25) is 5.95 Å². The van der Waals surface area contributed by atoms with Crippen molar-refractivity contribution in [2.75, 3.05) is 0 Å². The fourth-order valence-electron chi connectivity index (χ4n) is 7.38. The van der Waals surface area contributed by atoms with Crippen LogP contribution in [0.15, 0.2) is 158 Å². The number of benzene rings is 7. The third-order valence-electron chi connectivity index (χ3n) is 9.31. The number of para-hydroxylation sites is 4. The molecule has 4 heteroatoms. The Hall–Kier alpha value is -6.26. The van der Waals surface area contributed by atoms with Gasteiger partial charge in [-0.05, 0) is 47.9 Å². The second kappa shape index (κ2) is 9.62. The summed E-state index contributed by atoms with van der Waals surface area (Å²) in [5.41, 5.74) is 8.65. The van der Waals surface area contributed by atoms with Crippen molar-refractivity contribution in [1.29, 1.82) is 0 Å². The summed E-state index contributed by atoms with van der Waals surface area (Å²) >= 11 is 0. The SMILES string of the molecule is c1ccc(-c2nc(-n3c4ccccc4c4c5c(ccc6c5c5ccccc5n6-c5ccccc5)ccc43)nc3ccccc23)cc1. The van der Waals surface area contributed by atoms with Crippen LogP contribution in [-0.2, 0) is 0 Å². The molecular formula is C42H26N4. The van der Waals surface area contributed by atoms with Gasteiger partial charge in [-0.1, -0.05) is 115 Å². The summed E-state index contributed by atoms with van der Waals surface area (Å²) in [5, 5.41) is 8.40. The van der Waals surface area contributed by atoms with Gasteiger partial charge in [0, 0.05) is 43.6 Å². The van der Waals surface area contributed by atoms with Crippen molar-refractivity contribution in [2.24, 2.45) is 0 Å². The second-order valence-corrected chi connectivity index (χ2v) is 11.8. The molecular weight excluding hydrogens is 560 g/mol. The first-order valence-electron chi connectivity index (χ1n) is 15.6. The van der Waals surface area contributed by atoms with Crippen molar-refractivity contribution in [3.05, 3.63) is 158 Å². The highest BCUT2D eigenvalue weighted by Crippen LogP contribution is 2.43. The monoisotopic (exact) mass is 586 g/mol. The maximum absolute atomic E-state index is 5.30. The van der Waals surface area contributed by atoms with Gasteiger partial charge in [-0.2, -0.15) is 0 Å². The summed E-state index contributed by atoms with van der Waals surface area (Å²) in [6, 6.07) is 55.8. The smallest absolute Gasteiger partial charge is 0.235 e. The van der Waals surface area contributed by atoms with E-state index in [0.29, 0.717) is 5.95 Å². The lowest BCUT2D eigenvalue weighted by Crippen LogP contribution is -2.03. The lowest BCUT2D eigenvalue weighted by Gasteiger charge is -2.12. The normalized spacial score (nSPS) is 11.9. The molecule has 0 aliphatic carbocycles. The number of rotatable bonds is 3. The van der Waals surface area contributed by atoms with Crippen molar-refractivity contribution in [1.82, 2.24) is 19.1 Å². The zero-order chi connectivity index (χ0) is 30.2. The molecule has 0 amide bonds. The van der Waals surface area contributed by atoms with Gasteiger partial charge in [0.05, 0.1) is 33.3 Å². The topological polar surface area (TPSA) is 35.6 Å². The van der Waals surface area contributed by atoms with Crippen LogP contribution in [0.25, 0.3) is 88.2 Å². The largest absolute Gasteiger partial charge is 0.309 e. The van der Waals surface area contributed by atoms with Crippen LogP contribution in [0.1, 0.15) is 0 Å². The summed E-state index contributed by atoms with van der Waals surface area (Å²) < 4.78 is 4.64. The van der Waals surface area contributed by atoms with Crippen LogP contribution in [0.3, 0.4) is 0 Å². The number of fused-ring (bicyclic) bond motifs is 10. The van der Waals surface area contributed by atoms with E-state index in [1.165, 1.54) is 43.4 Å². The van der Waals surface area contributed by atoms with Crippen LogP contribution in [-0.4, -0.2) is 19.1 Å². The highest BCUT2D eigenvalue weighted by atomic mass is 15.2. The maximum Gasteiger partial charge on any atom is 0.235 e. The minimum Gasteiger partial charge on any atom is -0.309 e. The highest BCUT2D eigenvalue weighted by Gasteiger charge is 2.22. The zero-order valence-electron chi connectivity index (χ0n) is 24.8. The van der Waals surface area contributed by atoms with E-state index in [9.17, 15) is 0 Å². The fraction of sp³-hybridized carbons (Fsp3) is 0. The Kier molecular flexibility index (Phi) is 5.25. The lowest BCUT2D eigenvalue weighted by molar-refractivity contribution is 1.01. The number of hydrogen-bond acceptors (Lipinski definition) is 2. The molecule has 0 aliphatic heterocycles. The van der Waals surface area contributed by atoms with Gasteiger partial charge < -0.3 is 4.57 Å². The van der Waals surface area contributed by atoms with Crippen molar-refractivity contribution < 1.29 is 0 Å². The van der Waals surface area contributed by atoms with Crippen LogP contribution in [0, 0.1) is 0 Å². The minimum atomic E-state index is 0.669. The van der Waals surface area contributed by atoms with Crippen molar-refractivity contribution in [2.45, 2.75) is 0 Å². The van der Waals surface area contributed by atoms with Gasteiger partial charge >= 0.3 is 0 Å². The first-order valence-corrected chi connectivity index (χ1v) is 15.6. The summed E-state index contributed by atoms with van der Waals surface area (Å²) in [4.78, 5) is 10.5. The third-order valence-corrected chi connectivity index (χ3v) is 9.31.